The number of ether oxygens (including phenoxy) is 1. The van der Waals surface area contributed by atoms with Crippen LogP contribution in [0.2, 0.25) is 0 Å². The van der Waals surface area contributed by atoms with Crippen LogP contribution in [-0.4, -0.2) is 45.1 Å². The van der Waals surface area contributed by atoms with Crippen LogP contribution in [-0.2, 0) is 0 Å². The van der Waals surface area contributed by atoms with E-state index in [0.717, 1.165) is 10.9 Å². The summed E-state index contributed by atoms with van der Waals surface area (Å²) in [5, 5.41) is 18.1. The first-order valence-corrected chi connectivity index (χ1v) is 11.8. The van der Waals surface area contributed by atoms with Gasteiger partial charge in [-0.25, -0.2) is 4.98 Å². The monoisotopic (exact) mass is 507 g/mol. The van der Waals surface area contributed by atoms with Crippen LogP contribution in [0.3, 0.4) is 0 Å². The maximum Gasteiger partial charge on any atom is 0.278 e. The van der Waals surface area contributed by atoms with Crippen molar-refractivity contribution in [1.82, 2.24) is 19.6 Å². The quantitative estimate of drug-likeness (QED) is 0.260. The third-order valence-electron chi connectivity index (χ3n) is 5.99. The summed E-state index contributed by atoms with van der Waals surface area (Å²) in [7, 11) is 1.57. The van der Waals surface area contributed by atoms with Crippen molar-refractivity contribution < 1.29 is 14.3 Å². The zero-order chi connectivity index (χ0) is 26.6. The molecule has 10 nitrogen and oxygen atoms in total. The number of carbonyl (C=O) groups excluding carboxylic acids is 2. The predicted octanol–water partition coefficient (Wildman–Crippen LogP) is 4.70. The minimum Gasteiger partial charge on any atom is -0.497 e. The van der Waals surface area contributed by atoms with E-state index in [1.54, 1.807) is 54.1 Å². The highest BCUT2D eigenvalue weighted by Gasteiger charge is 2.18. The van der Waals surface area contributed by atoms with E-state index < -0.39 is 5.91 Å². The fourth-order valence-corrected chi connectivity index (χ4v) is 4.08. The molecule has 190 valence electrons. The first-order valence-electron chi connectivity index (χ1n) is 11.8. The summed E-state index contributed by atoms with van der Waals surface area (Å²) in [6, 6.07) is 16.2. The van der Waals surface area contributed by atoms with Gasteiger partial charge in [-0.15, -0.1) is 16.8 Å². The van der Waals surface area contributed by atoms with Gasteiger partial charge in [-0.3, -0.25) is 14.0 Å². The van der Waals surface area contributed by atoms with Gasteiger partial charge in [0.25, 0.3) is 11.8 Å². The smallest absolute Gasteiger partial charge is 0.278 e. The number of hydrogen-bond donors (Lipinski definition) is 3. The molecule has 5 rings (SSSR count). The molecular formula is C28H25N7O3. The van der Waals surface area contributed by atoms with Crippen LogP contribution in [0.15, 0.2) is 79.6 Å². The molecule has 0 aliphatic carbocycles. The summed E-state index contributed by atoms with van der Waals surface area (Å²) in [6.07, 6.45) is 4.95. The van der Waals surface area contributed by atoms with Crippen molar-refractivity contribution in [3.05, 3.63) is 96.6 Å². The van der Waals surface area contributed by atoms with Crippen molar-refractivity contribution in [2.24, 2.45) is 0 Å². The molecule has 0 saturated carbocycles. The molecule has 0 atom stereocenters. The number of imidazole rings is 1. The van der Waals surface area contributed by atoms with E-state index in [2.05, 4.69) is 37.7 Å². The van der Waals surface area contributed by atoms with Crippen molar-refractivity contribution in [3.8, 4) is 5.75 Å². The van der Waals surface area contributed by atoms with E-state index in [4.69, 9.17) is 4.74 Å². The second-order valence-corrected chi connectivity index (χ2v) is 8.49. The van der Waals surface area contributed by atoms with E-state index in [1.807, 2.05) is 31.2 Å². The summed E-state index contributed by atoms with van der Waals surface area (Å²) < 4.78 is 6.90. The number of benzene rings is 2. The summed E-state index contributed by atoms with van der Waals surface area (Å²) in [6.45, 7) is 6.04. The number of pyridine rings is 1. The molecule has 3 heterocycles. The van der Waals surface area contributed by atoms with Crippen molar-refractivity contribution >= 4 is 45.4 Å². The molecule has 0 radical (unpaired) electrons. The Hall–Kier alpha value is -5.25. The number of aromatic nitrogens is 4. The zero-order valence-electron chi connectivity index (χ0n) is 20.9. The molecule has 3 aromatic heterocycles. The maximum absolute atomic E-state index is 13.2. The molecule has 0 aliphatic rings. The zero-order valence-corrected chi connectivity index (χ0v) is 20.9. The van der Waals surface area contributed by atoms with Crippen molar-refractivity contribution in [3.63, 3.8) is 0 Å². The minimum absolute atomic E-state index is 0.171. The Kier molecular flexibility index (Phi) is 6.68. The number of rotatable bonds is 8. The summed E-state index contributed by atoms with van der Waals surface area (Å²) in [5.41, 5.74) is 4.34. The predicted molar refractivity (Wildman–Crippen MR) is 147 cm³/mol. The lowest BCUT2D eigenvalue weighted by Gasteiger charge is -2.14. The molecule has 0 saturated heterocycles. The Morgan fingerprint density at radius 3 is 2.68 bits per heavy atom. The lowest BCUT2D eigenvalue weighted by molar-refractivity contribution is 0.101. The summed E-state index contributed by atoms with van der Waals surface area (Å²) in [4.78, 5) is 30.4. The molecule has 0 fully saturated rings. The van der Waals surface area contributed by atoms with Gasteiger partial charge in [-0.05, 0) is 42.8 Å². The average Bonchev–Trinajstić information content (AvgIpc) is 3.36. The largest absolute Gasteiger partial charge is 0.497 e. The van der Waals surface area contributed by atoms with Crippen molar-refractivity contribution in [2.45, 2.75) is 6.92 Å². The van der Waals surface area contributed by atoms with Gasteiger partial charge in [-0.1, -0.05) is 24.3 Å². The molecule has 0 bridgehead atoms. The number of anilines is 3. The number of methoxy groups -OCH3 is 1. The Bertz CT molecular complexity index is 1690. The molecule has 0 spiro atoms. The van der Waals surface area contributed by atoms with E-state index in [0.29, 0.717) is 46.2 Å². The Balaban J connectivity index is 1.35. The molecule has 38 heavy (non-hydrogen) atoms. The number of aryl methyl sites for hydroxylation is 1. The van der Waals surface area contributed by atoms with Gasteiger partial charge in [-0.2, -0.15) is 0 Å². The van der Waals surface area contributed by atoms with Gasteiger partial charge < -0.3 is 20.7 Å². The van der Waals surface area contributed by atoms with Crippen LogP contribution in [0, 0.1) is 6.92 Å². The normalized spacial score (nSPS) is 10.8. The highest BCUT2D eigenvalue weighted by atomic mass is 16.5. The van der Waals surface area contributed by atoms with Gasteiger partial charge in [0.05, 0.1) is 24.5 Å². The average molecular weight is 508 g/mol. The Morgan fingerprint density at radius 2 is 1.89 bits per heavy atom. The van der Waals surface area contributed by atoms with Crippen molar-refractivity contribution in [2.75, 3.05) is 29.6 Å². The molecule has 0 aliphatic heterocycles. The van der Waals surface area contributed by atoms with Crippen LogP contribution in [0.1, 0.15) is 26.5 Å². The van der Waals surface area contributed by atoms with Crippen LogP contribution < -0.4 is 20.7 Å². The lowest BCUT2D eigenvalue weighted by atomic mass is 10.1. The van der Waals surface area contributed by atoms with Gasteiger partial charge in [0, 0.05) is 35.6 Å². The maximum atomic E-state index is 13.2. The van der Waals surface area contributed by atoms with Crippen LogP contribution in [0.25, 0.3) is 16.6 Å². The third-order valence-corrected chi connectivity index (χ3v) is 5.99. The number of fused-ring (bicyclic) bond motifs is 2. The number of carbonyl (C=O) groups is 2. The fourth-order valence-electron chi connectivity index (χ4n) is 4.08. The number of hydrogen-bond acceptors (Lipinski definition) is 7. The standard InChI is InChI=1S/C28H25N7O3/c1-4-12-29-25-20-7-5-6-8-22(20)33-34-26(25)28(37)31-18-9-10-21(17(2)14-18)32-27(36)23-16-30-24-15-19(38-3)11-13-35(23)24/h4-11,13-16H,1,12H2,2-3H3,(H,29,33)(H,31,37)(H,32,36). The van der Waals surface area contributed by atoms with E-state index >= 15 is 0 Å². The topological polar surface area (TPSA) is 123 Å². The molecular weight excluding hydrogens is 482 g/mol. The molecule has 2 amide bonds. The molecule has 10 heteroatoms. The van der Waals surface area contributed by atoms with Crippen molar-refractivity contribution in [1.29, 1.82) is 0 Å². The second-order valence-electron chi connectivity index (χ2n) is 8.49. The number of amides is 2. The number of nitrogens with zero attached hydrogens (tertiary/aromatic N) is 4. The van der Waals surface area contributed by atoms with E-state index in [9.17, 15) is 9.59 Å². The number of nitrogens with one attached hydrogen (secondary N) is 3. The molecule has 5 aromatic rings. The van der Waals surface area contributed by atoms with Gasteiger partial charge >= 0.3 is 0 Å². The highest BCUT2D eigenvalue weighted by molar-refractivity contribution is 6.11. The van der Waals surface area contributed by atoms with Gasteiger partial charge in [0.1, 0.15) is 17.1 Å². The van der Waals surface area contributed by atoms with Crippen LogP contribution in [0.5, 0.6) is 5.75 Å². The lowest BCUT2D eigenvalue weighted by Crippen LogP contribution is -2.18. The SMILES string of the molecule is C=CCNc1c(C(=O)Nc2ccc(NC(=O)c3cnc4cc(OC)ccn34)c(C)c2)nnc2ccccc12. The molecule has 2 aromatic carbocycles. The molecule has 0 unspecified atom stereocenters. The second kappa shape index (κ2) is 10.4. The Morgan fingerprint density at radius 1 is 1.05 bits per heavy atom. The van der Waals surface area contributed by atoms with Crippen LogP contribution >= 0.6 is 0 Å². The van der Waals surface area contributed by atoms with E-state index in [-0.39, 0.29) is 11.6 Å². The molecule has 3 N–H and O–H groups in total. The van der Waals surface area contributed by atoms with Gasteiger partial charge in [0.15, 0.2) is 5.69 Å². The highest BCUT2D eigenvalue weighted by Crippen LogP contribution is 2.26. The first kappa shape index (κ1) is 24.4. The Labute approximate surface area is 218 Å². The minimum atomic E-state index is -0.410. The van der Waals surface area contributed by atoms with Crippen LogP contribution in [0.4, 0.5) is 17.1 Å². The fraction of sp³-hybridized carbons (Fsp3) is 0.107. The van der Waals surface area contributed by atoms with Gasteiger partial charge in [0.2, 0.25) is 0 Å². The first-order chi connectivity index (χ1) is 18.5. The third kappa shape index (κ3) is 4.74. The summed E-state index contributed by atoms with van der Waals surface area (Å²) >= 11 is 0. The summed E-state index contributed by atoms with van der Waals surface area (Å²) in [5.74, 6) is -0.0686. The van der Waals surface area contributed by atoms with E-state index in [1.165, 1.54) is 6.20 Å².